The number of carbonyl (C=O) groups excluding carboxylic acids is 3. The summed E-state index contributed by atoms with van der Waals surface area (Å²) in [5.41, 5.74) is 3.19. The van der Waals surface area contributed by atoms with Gasteiger partial charge in [-0.15, -0.1) is 0 Å². The zero-order chi connectivity index (χ0) is 22.2. The van der Waals surface area contributed by atoms with Crippen LogP contribution in [0.2, 0.25) is 0 Å². The number of hydrogen-bond donors (Lipinski definition) is 1. The molecular weight excluding hydrogens is 372 g/mol. The van der Waals surface area contributed by atoms with Gasteiger partial charge >= 0.3 is 11.9 Å². The maximum atomic E-state index is 12.3. The smallest absolute Gasteiger partial charge is 0.374 e. The number of rotatable bonds is 10. The summed E-state index contributed by atoms with van der Waals surface area (Å²) in [6, 6.07) is 3.96. The number of ketones is 1. The maximum absolute atomic E-state index is 12.3. The highest BCUT2D eigenvalue weighted by molar-refractivity contribution is 6.33. The van der Waals surface area contributed by atoms with Crippen LogP contribution in [0.4, 0.5) is 0 Å². The van der Waals surface area contributed by atoms with Gasteiger partial charge in [0, 0.05) is 6.42 Å². The lowest BCUT2D eigenvalue weighted by atomic mass is 9.90. The van der Waals surface area contributed by atoms with E-state index in [1.165, 1.54) is 0 Å². The molecule has 0 aliphatic carbocycles. The summed E-state index contributed by atoms with van der Waals surface area (Å²) < 4.78 is 9.89. The van der Waals surface area contributed by atoms with Crippen molar-refractivity contribution in [1.82, 2.24) is 0 Å². The van der Waals surface area contributed by atoms with E-state index in [-0.39, 0.29) is 25.4 Å². The van der Waals surface area contributed by atoms with E-state index >= 15 is 0 Å². The predicted octanol–water partition coefficient (Wildman–Crippen LogP) is 3.68. The second-order valence-corrected chi connectivity index (χ2v) is 7.85. The van der Waals surface area contributed by atoms with Crippen LogP contribution in [-0.4, -0.2) is 36.0 Å². The van der Waals surface area contributed by atoms with Crippen molar-refractivity contribution in [3.05, 3.63) is 40.5 Å². The first kappa shape index (κ1) is 24.6. The van der Waals surface area contributed by atoms with Crippen molar-refractivity contribution in [2.45, 2.75) is 66.6 Å². The fourth-order valence-electron chi connectivity index (χ4n) is 2.71. The Hall–Kier alpha value is -2.47. The number of Topliss-reactive ketones (excluding diaryl/α,β-unsaturated/α-hetero) is 1. The number of benzene rings is 1. The van der Waals surface area contributed by atoms with E-state index in [2.05, 4.69) is 4.74 Å². The molecule has 1 N–H and O–H groups in total. The van der Waals surface area contributed by atoms with Crippen LogP contribution in [0.3, 0.4) is 0 Å². The average molecular weight is 405 g/mol. The summed E-state index contributed by atoms with van der Waals surface area (Å²) in [7, 11) is 1.15. The highest BCUT2D eigenvalue weighted by Gasteiger charge is 2.27. The van der Waals surface area contributed by atoms with Gasteiger partial charge < -0.3 is 14.6 Å². The lowest BCUT2D eigenvalue weighted by Crippen LogP contribution is -2.25. The van der Waals surface area contributed by atoms with Gasteiger partial charge in [-0.05, 0) is 57.2 Å². The topological polar surface area (TPSA) is 89.9 Å². The van der Waals surface area contributed by atoms with Crippen LogP contribution in [-0.2, 0) is 30.5 Å². The molecule has 0 aromatic heterocycles. The number of aryl methyl sites for hydroxylation is 2. The summed E-state index contributed by atoms with van der Waals surface area (Å²) in [6.45, 7) is 9.70. The van der Waals surface area contributed by atoms with Crippen LogP contribution >= 0.6 is 0 Å². The lowest BCUT2D eigenvalue weighted by molar-refractivity contribution is -0.155. The van der Waals surface area contributed by atoms with Crippen molar-refractivity contribution in [2.75, 3.05) is 7.11 Å². The molecule has 0 aliphatic heterocycles. The molecule has 1 aromatic carbocycles. The third-order valence-corrected chi connectivity index (χ3v) is 4.98. The fraction of sp³-hybridized carbons (Fsp3) is 0.522. The molecule has 0 bridgehead atoms. The van der Waals surface area contributed by atoms with Gasteiger partial charge in [-0.25, -0.2) is 4.79 Å². The Kier molecular flexibility index (Phi) is 9.24. The van der Waals surface area contributed by atoms with Crippen molar-refractivity contribution in [3.8, 4) is 0 Å². The minimum absolute atomic E-state index is 0.0956. The quantitative estimate of drug-likeness (QED) is 0.473. The first-order valence-electron chi connectivity index (χ1n) is 9.76. The van der Waals surface area contributed by atoms with Crippen LogP contribution in [0, 0.1) is 19.3 Å². The Balaban J connectivity index is 2.90. The standard InChI is InChI=1S/C23H32O6/c1-7-23(4,5)22(27)29-14-17-13-15(2)12-16(3)19(17)10-8-18(24)9-11-20(25)21(26)28-6/h8,10,12-13,18,24H,7,9,11,14H2,1-6H3. The average Bonchev–Trinajstić information content (AvgIpc) is 2.68. The highest BCUT2D eigenvalue weighted by Crippen LogP contribution is 2.25. The largest absolute Gasteiger partial charge is 0.463 e. The Morgan fingerprint density at radius 2 is 1.86 bits per heavy atom. The normalized spacial score (nSPS) is 12.7. The van der Waals surface area contributed by atoms with Gasteiger partial charge in [0.05, 0.1) is 18.6 Å². The number of carbonyl (C=O) groups is 3. The summed E-state index contributed by atoms with van der Waals surface area (Å²) >= 11 is 0. The number of methoxy groups -OCH3 is 1. The molecule has 6 nitrogen and oxygen atoms in total. The van der Waals surface area contributed by atoms with Crippen LogP contribution in [0.15, 0.2) is 18.2 Å². The van der Waals surface area contributed by atoms with E-state index in [1.807, 2.05) is 46.8 Å². The molecule has 160 valence electrons. The molecule has 0 aliphatic rings. The van der Waals surface area contributed by atoms with Crippen molar-refractivity contribution in [2.24, 2.45) is 5.41 Å². The molecule has 0 spiro atoms. The zero-order valence-corrected chi connectivity index (χ0v) is 18.2. The Morgan fingerprint density at radius 1 is 1.21 bits per heavy atom. The molecule has 1 unspecified atom stereocenters. The summed E-state index contributed by atoms with van der Waals surface area (Å²) in [4.78, 5) is 34.9. The Morgan fingerprint density at radius 3 is 2.45 bits per heavy atom. The third kappa shape index (κ3) is 7.46. The molecule has 0 radical (unpaired) electrons. The second kappa shape index (κ2) is 10.9. The summed E-state index contributed by atoms with van der Waals surface area (Å²) in [6.07, 6.45) is 3.15. The number of aliphatic hydroxyl groups excluding tert-OH is 1. The molecule has 1 aromatic rings. The van der Waals surface area contributed by atoms with Crippen LogP contribution in [0.25, 0.3) is 6.08 Å². The highest BCUT2D eigenvalue weighted by atomic mass is 16.5. The van der Waals surface area contributed by atoms with Crippen molar-refractivity contribution in [3.63, 3.8) is 0 Å². The molecule has 0 saturated carbocycles. The van der Waals surface area contributed by atoms with E-state index < -0.39 is 23.3 Å². The number of aliphatic hydroxyl groups is 1. The van der Waals surface area contributed by atoms with Gasteiger partial charge in [0.2, 0.25) is 5.78 Å². The van der Waals surface area contributed by atoms with E-state index in [1.54, 1.807) is 12.2 Å². The van der Waals surface area contributed by atoms with E-state index in [0.717, 1.165) is 29.4 Å². The summed E-state index contributed by atoms with van der Waals surface area (Å²) in [5, 5.41) is 10.1. The molecule has 0 amide bonds. The van der Waals surface area contributed by atoms with Gasteiger partial charge in [0.1, 0.15) is 6.61 Å². The predicted molar refractivity (Wildman–Crippen MR) is 111 cm³/mol. The third-order valence-electron chi connectivity index (χ3n) is 4.98. The molecule has 1 atom stereocenters. The summed E-state index contributed by atoms with van der Waals surface area (Å²) in [5.74, 6) is -1.83. The minimum Gasteiger partial charge on any atom is -0.463 e. The van der Waals surface area contributed by atoms with Gasteiger partial charge in [0.25, 0.3) is 0 Å². The second-order valence-electron chi connectivity index (χ2n) is 7.85. The van der Waals surface area contributed by atoms with Crippen molar-refractivity contribution < 1.29 is 29.0 Å². The van der Waals surface area contributed by atoms with Gasteiger partial charge in [-0.3, -0.25) is 9.59 Å². The zero-order valence-electron chi connectivity index (χ0n) is 18.2. The number of esters is 2. The van der Waals surface area contributed by atoms with Gasteiger partial charge in [0.15, 0.2) is 0 Å². The molecule has 6 heteroatoms. The number of ether oxygens (including phenoxy) is 2. The first-order chi connectivity index (χ1) is 13.5. The first-order valence-corrected chi connectivity index (χ1v) is 9.76. The van der Waals surface area contributed by atoms with Crippen LogP contribution < -0.4 is 0 Å². The molecule has 29 heavy (non-hydrogen) atoms. The van der Waals surface area contributed by atoms with Gasteiger partial charge in [-0.1, -0.05) is 36.8 Å². The molecule has 0 fully saturated rings. The Bertz CT molecular complexity index is 776. The van der Waals surface area contributed by atoms with Crippen molar-refractivity contribution >= 4 is 23.8 Å². The number of hydrogen-bond acceptors (Lipinski definition) is 6. The molecule has 1 rings (SSSR count). The molecule has 0 heterocycles. The SMILES string of the molecule is CCC(C)(C)C(=O)OCc1cc(C)cc(C)c1C=CC(O)CCC(=O)C(=O)OC. The molecular formula is C23H32O6. The maximum Gasteiger partial charge on any atom is 0.374 e. The monoisotopic (exact) mass is 404 g/mol. The Labute approximate surface area is 172 Å². The van der Waals surface area contributed by atoms with E-state index in [4.69, 9.17) is 4.74 Å². The van der Waals surface area contributed by atoms with Crippen LogP contribution in [0.5, 0.6) is 0 Å². The van der Waals surface area contributed by atoms with E-state index in [0.29, 0.717) is 6.42 Å². The van der Waals surface area contributed by atoms with E-state index in [9.17, 15) is 19.5 Å². The minimum atomic E-state index is -0.908. The lowest BCUT2D eigenvalue weighted by Gasteiger charge is -2.21. The fourth-order valence-corrected chi connectivity index (χ4v) is 2.71. The van der Waals surface area contributed by atoms with Crippen LogP contribution in [0.1, 0.15) is 62.3 Å². The van der Waals surface area contributed by atoms with Crippen molar-refractivity contribution in [1.29, 1.82) is 0 Å². The van der Waals surface area contributed by atoms with Gasteiger partial charge in [-0.2, -0.15) is 0 Å². The molecule has 0 saturated heterocycles.